The van der Waals surface area contributed by atoms with Gasteiger partial charge in [0.05, 0.1) is 27.9 Å². The molecule has 0 radical (unpaired) electrons. The fourth-order valence-electron chi connectivity index (χ4n) is 2.67. The van der Waals surface area contributed by atoms with Gasteiger partial charge in [0, 0.05) is 18.2 Å². The van der Waals surface area contributed by atoms with Gasteiger partial charge in [0.2, 0.25) is 5.91 Å². The molecule has 1 amide bonds. The molecule has 0 aliphatic carbocycles. The van der Waals surface area contributed by atoms with Gasteiger partial charge in [0.15, 0.2) is 11.5 Å². The van der Waals surface area contributed by atoms with Crippen LogP contribution in [0.1, 0.15) is 30.9 Å². The first kappa shape index (κ1) is 22.1. The average molecular weight is 399 g/mol. The Bertz CT molecular complexity index is 832. The van der Waals surface area contributed by atoms with Gasteiger partial charge in [-0.15, -0.1) is 0 Å². The molecule has 0 heterocycles. The van der Waals surface area contributed by atoms with E-state index in [4.69, 9.17) is 18.9 Å². The molecule has 0 spiro atoms. The smallest absolute Gasteiger partial charge is 0.244 e. The van der Waals surface area contributed by atoms with Crippen molar-refractivity contribution in [1.82, 2.24) is 5.32 Å². The molecule has 6 heteroatoms. The molecule has 1 N–H and O–H groups in total. The largest absolute Gasteiger partial charge is 0.497 e. The molecular formula is C23H29NO5. The molecule has 0 aliphatic heterocycles. The molecule has 0 atom stereocenters. The van der Waals surface area contributed by atoms with Gasteiger partial charge in [0.1, 0.15) is 11.5 Å². The van der Waals surface area contributed by atoms with E-state index < -0.39 is 0 Å². The first-order valence-electron chi connectivity index (χ1n) is 9.59. The van der Waals surface area contributed by atoms with E-state index in [-0.39, 0.29) is 5.91 Å². The second kappa shape index (κ2) is 11.6. The Balaban J connectivity index is 1.98. The Hall–Kier alpha value is -3.15. The van der Waals surface area contributed by atoms with E-state index in [1.54, 1.807) is 27.4 Å². The van der Waals surface area contributed by atoms with Crippen molar-refractivity contribution in [2.75, 3.05) is 27.9 Å². The van der Waals surface area contributed by atoms with Crippen LogP contribution in [0.4, 0.5) is 0 Å². The van der Waals surface area contributed by atoms with E-state index in [2.05, 4.69) is 12.2 Å². The minimum absolute atomic E-state index is 0.211. The molecular weight excluding hydrogens is 370 g/mol. The summed E-state index contributed by atoms with van der Waals surface area (Å²) in [4.78, 5) is 12.2. The van der Waals surface area contributed by atoms with E-state index >= 15 is 0 Å². The number of rotatable bonds is 11. The minimum Gasteiger partial charge on any atom is -0.497 e. The third-order valence-corrected chi connectivity index (χ3v) is 4.31. The van der Waals surface area contributed by atoms with Crippen LogP contribution >= 0.6 is 0 Å². The number of nitrogens with one attached hydrogen (secondary N) is 1. The highest BCUT2D eigenvalue weighted by Crippen LogP contribution is 2.29. The Morgan fingerprint density at radius 3 is 2.41 bits per heavy atom. The number of hydrogen-bond acceptors (Lipinski definition) is 5. The van der Waals surface area contributed by atoms with Gasteiger partial charge in [-0.2, -0.15) is 0 Å². The van der Waals surface area contributed by atoms with Crippen molar-refractivity contribution >= 4 is 12.0 Å². The van der Waals surface area contributed by atoms with Crippen molar-refractivity contribution in [2.24, 2.45) is 0 Å². The summed E-state index contributed by atoms with van der Waals surface area (Å²) in [6.45, 7) is 3.10. The number of carbonyl (C=O) groups excluding carboxylic acids is 1. The molecule has 0 unspecified atom stereocenters. The van der Waals surface area contributed by atoms with Crippen molar-refractivity contribution in [3.05, 3.63) is 53.6 Å². The molecule has 2 rings (SSSR count). The summed E-state index contributed by atoms with van der Waals surface area (Å²) < 4.78 is 21.7. The molecule has 0 saturated carbocycles. The van der Waals surface area contributed by atoms with Crippen molar-refractivity contribution in [3.8, 4) is 23.0 Å². The summed E-state index contributed by atoms with van der Waals surface area (Å²) >= 11 is 0. The lowest BCUT2D eigenvalue weighted by Gasteiger charge is -2.11. The molecule has 0 aromatic heterocycles. The molecule has 6 nitrogen and oxygen atoms in total. The number of ether oxygens (including phenoxy) is 4. The van der Waals surface area contributed by atoms with E-state index in [1.165, 1.54) is 6.08 Å². The highest BCUT2D eigenvalue weighted by molar-refractivity contribution is 5.91. The molecule has 0 fully saturated rings. The van der Waals surface area contributed by atoms with Crippen molar-refractivity contribution < 1.29 is 23.7 Å². The third-order valence-electron chi connectivity index (χ3n) is 4.31. The SMILES string of the molecule is CCCCOc1ccc(/C=C/C(=O)NCc2cc(OC)ccc2OC)cc1OC. The monoisotopic (exact) mass is 399 g/mol. The van der Waals surface area contributed by atoms with Crippen molar-refractivity contribution in [1.29, 1.82) is 0 Å². The van der Waals surface area contributed by atoms with Crippen molar-refractivity contribution in [3.63, 3.8) is 0 Å². The summed E-state index contributed by atoms with van der Waals surface area (Å²) in [6.07, 6.45) is 5.28. The van der Waals surface area contributed by atoms with E-state index in [1.807, 2.05) is 36.4 Å². The van der Waals surface area contributed by atoms with Crippen LogP contribution < -0.4 is 24.3 Å². The molecule has 2 aromatic carbocycles. The summed E-state index contributed by atoms with van der Waals surface area (Å²) in [5, 5.41) is 2.85. The quantitative estimate of drug-likeness (QED) is 0.453. The van der Waals surface area contributed by atoms with Crippen LogP contribution in [-0.2, 0) is 11.3 Å². The zero-order valence-corrected chi connectivity index (χ0v) is 17.5. The van der Waals surface area contributed by atoms with Gasteiger partial charge in [0.25, 0.3) is 0 Å². The average Bonchev–Trinajstić information content (AvgIpc) is 2.76. The molecule has 29 heavy (non-hydrogen) atoms. The van der Waals surface area contributed by atoms with E-state index in [0.29, 0.717) is 36.1 Å². The zero-order chi connectivity index (χ0) is 21.1. The molecule has 156 valence electrons. The topological polar surface area (TPSA) is 66.0 Å². The van der Waals surface area contributed by atoms with Crippen LogP contribution in [0.15, 0.2) is 42.5 Å². The maximum atomic E-state index is 12.2. The normalized spacial score (nSPS) is 10.6. The first-order valence-corrected chi connectivity index (χ1v) is 9.59. The Kier molecular flexibility index (Phi) is 8.89. The fraction of sp³-hybridized carbons (Fsp3) is 0.348. The van der Waals surface area contributed by atoms with Crippen LogP contribution in [0.3, 0.4) is 0 Å². The van der Waals surface area contributed by atoms with Crippen LogP contribution in [0, 0.1) is 0 Å². The van der Waals surface area contributed by atoms with E-state index in [0.717, 1.165) is 24.0 Å². The van der Waals surface area contributed by atoms with Gasteiger partial charge >= 0.3 is 0 Å². The number of carbonyl (C=O) groups is 1. The van der Waals surface area contributed by atoms with Gasteiger partial charge in [-0.25, -0.2) is 0 Å². The Morgan fingerprint density at radius 2 is 1.72 bits per heavy atom. The number of hydrogen-bond donors (Lipinski definition) is 1. The van der Waals surface area contributed by atoms with Crippen LogP contribution in [-0.4, -0.2) is 33.8 Å². The number of benzene rings is 2. The van der Waals surface area contributed by atoms with Gasteiger partial charge < -0.3 is 24.3 Å². The van der Waals surface area contributed by atoms with Gasteiger partial charge in [-0.05, 0) is 48.4 Å². The van der Waals surface area contributed by atoms with E-state index in [9.17, 15) is 4.79 Å². The predicted octanol–water partition coefficient (Wildman–Crippen LogP) is 4.22. The lowest BCUT2D eigenvalue weighted by Crippen LogP contribution is -2.20. The first-order chi connectivity index (χ1) is 14.1. The van der Waals surface area contributed by atoms with Crippen LogP contribution in [0.5, 0.6) is 23.0 Å². The lowest BCUT2D eigenvalue weighted by molar-refractivity contribution is -0.116. The second-order valence-corrected chi connectivity index (χ2v) is 6.34. The Morgan fingerprint density at radius 1 is 0.966 bits per heavy atom. The van der Waals surface area contributed by atoms with Gasteiger partial charge in [-0.3, -0.25) is 4.79 Å². The molecule has 0 bridgehead atoms. The maximum Gasteiger partial charge on any atom is 0.244 e. The third kappa shape index (κ3) is 6.75. The van der Waals surface area contributed by atoms with Crippen molar-refractivity contribution in [2.45, 2.75) is 26.3 Å². The summed E-state index contributed by atoms with van der Waals surface area (Å²) in [5.74, 6) is 2.53. The number of amides is 1. The highest BCUT2D eigenvalue weighted by atomic mass is 16.5. The number of unbranched alkanes of at least 4 members (excludes halogenated alkanes) is 1. The Labute approximate surface area is 172 Å². The van der Waals surface area contributed by atoms with Gasteiger partial charge in [-0.1, -0.05) is 19.4 Å². The number of methoxy groups -OCH3 is 3. The van der Waals surface area contributed by atoms with Crippen LogP contribution in [0.25, 0.3) is 6.08 Å². The summed E-state index contributed by atoms with van der Waals surface area (Å²) in [6, 6.07) is 11.0. The summed E-state index contributed by atoms with van der Waals surface area (Å²) in [7, 11) is 4.79. The van der Waals surface area contributed by atoms with Crippen LogP contribution in [0.2, 0.25) is 0 Å². The highest BCUT2D eigenvalue weighted by Gasteiger charge is 2.07. The zero-order valence-electron chi connectivity index (χ0n) is 17.5. The minimum atomic E-state index is -0.211. The molecule has 2 aromatic rings. The second-order valence-electron chi connectivity index (χ2n) is 6.34. The molecule has 0 saturated heterocycles. The standard InChI is InChI=1S/C23H29NO5/c1-5-6-13-29-21-10-7-17(14-22(21)28-4)8-12-23(25)24-16-18-15-19(26-2)9-11-20(18)27-3/h7-12,14-15H,5-6,13,16H2,1-4H3,(H,24,25)/b12-8+. The predicted molar refractivity (Wildman–Crippen MR) is 114 cm³/mol. The maximum absolute atomic E-state index is 12.2. The lowest BCUT2D eigenvalue weighted by atomic mass is 10.1. The molecule has 0 aliphatic rings. The summed E-state index contributed by atoms with van der Waals surface area (Å²) in [5.41, 5.74) is 1.68. The fourth-order valence-corrected chi connectivity index (χ4v) is 2.67.